The van der Waals surface area contributed by atoms with E-state index < -0.39 is 0 Å². The molecule has 3 saturated heterocycles. The summed E-state index contributed by atoms with van der Waals surface area (Å²) in [7, 11) is 1.41. The third-order valence-corrected chi connectivity index (χ3v) is 5.84. The Morgan fingerprint density at radius 2 is 2.04 bits per heavy atom. The molecular formula is C19H25FN4O3. The molecule has 3 aliphatic heterocycles. The molecule has 27 heavy (non-hydrogen) atoms. The van der Waals surface area contributed by atoms with E-state index in [4.69, 9.17) is 4.74 Å². The molecule has 0 unspecified atom stereocenters. The first-order chi connectivity index (χ1) is 13.1. The van der Waals surface area contributed by atoms with Gasteiger partial charge in [0.1, 0.15) is 5.82 Å². The van der Waals surface area contributed by atoms with Crippen LogP contribution in [0.3, 0.4) is 0 Å². The van der Waals surface area contributed by atoms with E-state index in [2.05, 4.69) is 10.2 Å². The van der Waals surface area contributed by atoms with Crippen LogP contribution >= 0.6 is 0 Å². The second-order valence-electron chi connectivity index (χ2n) is 7.36. The van der Waals surface area contributed by atoms with Crippen molar-refractivity contribution in [2.45, 2.75) is 18.9 Å². The van der Waals surface area contributed by atoms with Crippen molar-refractivity contribution < 1.29 is 18.7 Å². The Morgan fingerprint density at radius 1 is 1.26 bits per heavy atom. The minimum atomic E-state index is -0.385. The van der Waals surface area contributed by atoms with Crippen molar-refractivity contribution in [2.24, 2.45) is 5.92 Å². The predicted octanol–water partition coefficient (Wildman–Crippen LogP) is 1.43. The van der Waals surface area contributed by atoms with Gasteiger partial charge in [-0.15, -0.1) is 0 Å². The largest absolute Gasteiger partial charge is 0.469 e. The third kappa shape index (κ3) is 3.34. The van der Waals surface area contributed by atoms with Crippen LogP contribution in [-0.4, -0.2) is 69.3 Å². The highest BCUT2D eigenvalue weighted by molar-refractivity contribution is 5.95. The fourth-order valence-corrected chi connectivity index (χ4v) is 4.27. The number of urea groups is 1. The summed E-state index contributed by atoms with van der Waals surface area (Å²) >= 11 is 0. The van der Waals surface area contributed by atoms with Gasteiger partial charge in [0, 0.05) is 45.0 Å². The monoisotopic (exact) mass is 376 g/mol. The number of carbonyl (C=O) groups is 2. The molecule has 1 aromatic rings. The average Bonchev–Trinajstić information content (AvgIpc) is 3.04. The van der Waals surface area contributed by atoms with Crippen molar-refractivity contribution >= 4 is 23.4 Å². The number of hydrogen-bond donors (Lipinski definition) is 1. The Morgan fingerprint density at radius 3 is 2.70 bits per heavy atom. The van der Waals surface area contributed by atoms with Crippen LogP contribution in [0.15, 0.2) is 18.2 Å². The number of hydrogen-bond acceptors (Lipinski definition) is 5. The number of nitrogens with one attached hydrogen (secondary N) is 1. The molecule has 0 aromatic heterocycles. The first-order valence-corrected chi connectivity index (χ1v) is 9.49. The first-order valence-electron chi connectivity index (χ1n) is 9.49. The SMILES string of the molecule is COC(=O)C1CCN(c2ccc(N3C[C@@H]4CNCCN4C3=O)c(F)c2)CC1. The fraction of sp³-hybridized carbons (Fsp3) is 0.579. The number of nitrogens with zero attached hydrogens (tertiary/aromatic N) is 3. The van der Waals surface area contributed by atoms with Crippen LogP contribution in [0.4, 0.5) is 20.6 Å². The molecule has 1 N–H and O–H groups in total. The molecule has 0 radical (unpaired) electrons. The molecule has 3 fully saturated rings. The van der Waals surface area contributed by atoms with Gasteiger partial charge in [-0.3, -0.25) is 9.69 Å². The van der Waals surface area contributed by atoms with Gasteiger partial charge in [0.15, 0.2) is 0 Å². The maximum atomic E-state index is 14.8. The van der Waals surface area contributed by atoms with Gasteiger partial charge in [0.2, 0.25) is 0 Å². The number of amides is 2. The smallest absolute Gasteiger partial charge is 0.325 e. The Labute approximate surface area is 158 Å². The van der Waals surface area contributed by atoms with Gasteiger partial charge in [-0.25, -0.2) is 9.18 Å². The maximum Gasteiger partial charge on any atom is 0.325 e. The molecule has 1 atom stereocenters. The Kier molecular flexibility index (Phi) is 4.90. The van der Waals surface area contributed by atoms with E-state index in [0.29, 0.717) is 44.7 Å². The van der Waals surface area contributed by atoms with Crippen LogP contribution in [0.5, 0.6) is 0 Å². The summed E-state index contributed by atoms with van der Waals surface area (Å²) in [5, 5.41) is 3.28. The zero-order valence-corrected chi connectivity index (χ0v) is 15.5. The van der Waals surface area contributed by atoms with Crippen molar-refractivity contribution in [1.82, 2.24) is 10.2 Å². The van der Waals surface area contributed by atoms with Gasteiger partial charge < -0.3 is 19.9 Å². The highest BCUT2D eigenvalue weighted by Gasteiger charge is 2.40. The molecule has 146 valence electrons. The second kappa shape index (κ2) is 7.34. The molecule has 2 amide bonds. The zero-order chi connectivity index (χ0) is 19.0. The lowest BCUT2D eigenvalue weighted by Crippen LogP contribution is -2.49. The number of fused-ring (bicyclic) bond motifs is 1. The standard InChI is InChI=1S/C19H25FN4O3/c1-27-18(25)13-4-7-22(8-5-13)14-2-3-17(16(20)10-14)24-12-15-11-21-6-9-23(15)19(24)26/h2-3,10,13,15,21H,4-9,11-12H2,1H3/t15-/m0/s1. The van der Waals surface area contributed by atoms with Gasteiger partial charge in [-0.1, -0.05) is 0 Å². The van der Waals surface area contributed by atoms with Crippen molar-refractivity contribution in [3.63, 3.8) is 0 Å². The topological polar surface area (TPSA) is 65.1 Å². The molecule has 1 aromatic carbocycles. The van der Waals surface area contributed by atoms with Crippen LogP contribution < -0.4 is 15.1 Å². The van der Waals surface area contributed by atoms with Gasteiger partial charge in [0.25, 0.3) is 0 Å². The molecule has 3 aliphatic rings. The third-order valence-electron chi connectivity index (χ3n) is 5.84. The summed E-state index contributed by atoms with van der Waals surface area (Å²) in [6.07, 6.45) is 1.40. The number of halogens is 1. The summed E-state index contributed by atoms with van der Waals surface area (Å²) in [4.78, 5) is 29.7. The number of esters is 1. The van der Waals surface area contributed by atoms with Crippen LogP contribution in [0, 0.1) is 11.7 Å². The Bertz CT molecular complexity index is 736. The number of anilines is 2. The van der Waals surface area contributed by atoms with E-state index >= 15 is 0 Å². The van der Waals surface area contributed by atoms with Crippen LogP contribution in [0.1, 0.15) is 12.8 Å². The predicted molar refractivity (Wildman–Crippen MR) is 99.5 cm³/mol. The molecule has 0 saturated carbocycles. The molecule has 0 bridgehead atoms. The Balaban J connectivity index is 1.46. The number of methoxy groups -OCH3 is 1. The highest BCUT2D eigenvalue weighted by atomic mass is 19.1. The lowest BCUT2D eigenvalue weighted by molar-refractivity contribution is -0.146. The summed E-state index contributed by atoms with van der Waals surface area (Å²) in [5.41, 5.74) is 1.12. The molecule has 7 nitrogen and oxygen atoms in total. The van der Waals surface area contributed by atoms with Crippen molar-refractivity contribution in [2.75, 3.05) is 56.2 Å². The number of piperidine rings is 1. The summed E-state index contributed by atoms with van der Waals surface area (Å²) in [6.45, 7) is 4.06. The van der Waals surface area contributed by atoms with E-state index in [1.54, 1.807) is 11.0 Å². The van der Waals surface area contributed by atoms with Crippen molar-refractivity contribution in [3.8, 4) is 0 Å². The molecule has 0 aliphatic carbocycles. The highest BCUT2D eigenvalue weighted by Crippen LogP contribution is 2.31. The number of benzene rings is 1. The van der Waals surface area contributed by atoms with Crippen LogP contribution in [0.2, 0.25) is 0 Å². The maximum absolute atomic E-state index is 14.8. The van der Waals surface area contributed by atoms with Crippen LogP contribution in [-0.2, 0) is 9.53 Å². The van der Waals surface area contributed by atoms with Crippen molar-refractivity contribution in [3.05, 3.63) is 24.0 Å². The molecule has 4 rings (SSSR count). The molecular weight excluding hydrogens is 351 g/mol. The average molecular weight is 376 g/mol. The van der Waals surface area contributed by atoms with Crippen molar-refractivity contribution in [1.29, 1.82) is 0 Å². The van der Waals surface area contributed by atoms with Crippen LogP contribution in [0.25, 0.3) is 0 Å². The number of carbonyl (C=O) groups excluding carboxylic acids is 2. The van der Waals surface area contributed by atoms with Gasteiger partial charge in [-0.2, -0.15) is 0 Å². The summed E-state index contributed by atoms with van der Waals surface area (Å²) in [5.74, 6) is -0.637. The zero-order valence-electron chi connectivity index (χ0n) is 15.5. The Hall–Kier alpha value is -2.35. The molecule has 8 heteroatoms. The number of rotatable bonds is 3. The molecule has 0 spiro atoms. The first kappa shape index (κ1) is 18.0. The minimum Gasteiger partial charge on any atom is -0.469 e. The number of ether oxygens (including phenoxy) is 1. The lowest BCUT2D eigenvalue weighted by Gasteiger charge is -2.32. The summed E-state index contributed by atoms with van der Waals surface area (Å²) < 4.78 is 19.6. The molecule has 3 heterocycles. The second-order valence-corrected chi connectivity index (χ2v) is 7.36. The fourth-order valence-electron chi connectivity index (χ4n) is 4.27. The van der Waals surface area contributed by atoms with E-state index in [9.17, 15) is 14.0 Å². The lowest BCUT2D eigenvalue weighted by atomic mass is 9.96. The van der Waals surface area contributed by atoms with E-state index in [0.717, 1.165) is 18.8 Å². The number of piperazine rings is 1. The van der Waals surface area contributed by atoms with Gasteiger partial charge in [0.05, 0.1) is 24.8 Å². The normalized spacial score (nSPS) is 23.6. The quantitative estimate of drug-likeness (QED) is 0.809. The van der Waals surface area contributed by atoms with Gasteiger partial charge in [-0.05, 0) is 31.0 Å². The minimum absolute atomic E-state index is 0.0800. The summed E-state index contributed by atoms with van der Waals surface area (Å²) in [6, 6.07) is 5.03. The van der Waals surface area contributed by atoms with E-state index in [1.165, 1.54) is 13.2 Å². The van der Waals surface area contributed by atoms with E-state index in [-0.39, 0.29) is 29.8 Å². The van der Waals surface area contributed by atoms with Gasteiger partial charge >= 0.3 is 12.0 Å². The van der Waals surface area contributed by atoms with E-state index in [1.807, 2.05) is 11.0 Å².